The van der Waals surface area contributed by atoms with Crippen LogP contribution in [0.1, 0.15) is 19.4 Å². The van der Waals surface area contributed by atoms with Crippen molar-refractivity contribution in [1.29, 1.82) is 0 Å². The molecule has 0 saturated heterocycles. The van der Waals surface area contributed by atoms with Gasteiger partial charge in [0.05, 0.1) is 24.1 Å². The van der Waals surface area contributed by atoms with Crippen molar-refractivity contribution in [3.8, 4) is 5.75 Å². The van der Waals surface area contributed by atoms with Crippen LogP contribution in [0, 0.1) is 0 Å². The minimum atomic E-state index is -0.321. The van der Waals surface area contributed by atoms with E-state index in [1.54, 1.807) is 26.0 Å². The molecule has 0 fully saturated rings. The SMILES string of the molecule is COc1c(Br)ccc(Cl)c1CC(=O)OC(C)C. The summed E-state index contributed by atoms with van der Waals surface area (Å²) >= 11 is 9.40. The highest BCUT2D eigenvalue weighted by Crippen LogP contribution is 2.34. The van der Waals surface area contributed by atoms with E-state index in [9.17, 15) is 4.79 Å². The molecule has 5 heteroatoms. The summed E-state index contributed by atoms with van der Waals surface area (Å²) in [5.41, 5.74) is 0.634. The lowest BCUT2D eigenvalue weighted by Crippen LogP contribution is -2.14. The minimum absolute atomic E-state index is 0.0969. The van der Waals surface area contributed by atoms with Crippen molar-refractivity contribution in [3.63, 3.8) is 0 Å². The molecule has 0 amide bonds. The average Bonchev–Trinajstić information content (AvgIpc) is 2.23. The first-order chi connectivity index (χ1) is 7.95. The monoisotopic (exact) mass is 320 g/mol. The fourth-order valence-electron chi connectivity index (χ4n) is 1.41. The molecule has 17 heavy (non-hydrogen) atoms. The van der Waals surface area contributed by atoms with E-state index in [-0.39, 0.29) is 18.5 Å². The Labute approximate surface area is 114 Å². The van der Waals surface area contributed by atoms with Gasteiger partial charge in [-0.1, -0.05) is 11.6 Å². The highest BCUT2D eigenvalue weighted by molar-refractivity contribution is 9.10. The summed E-state index contributed by atoms with van der Waals surface area (Å²) in [6, 6.07) is 3.49. The summed E-state index contributed by atoms with van der Waals surface area (Å²) in [4.78, 5) is 11.6. The highest BCUT2D eigenvalue weighted by Gasteiger charge is 2.16. The van der Waals surface area contributed by atoms with Crippen molar-refractivity contribution in [2.75, 3.05) is 7.11 Å². The van der Waals surface area contributed by atoms with E-state index in [0.717, 1.165) is 4.47 Å². The first-order valence-corrected chi connectivity index (χ1v) is 6.33. The second-order valence-corrected chi connectivity index (χ2v) is 5.02. The van der Waals surface area contributed by atoms with E-state index in [4.69, 9.17) is 21.1 Å². The normalized spacial score (nSPS) is 10.5. The van der Waals surface area contributed by atoms with Crippen molar-refractivity contribution in [1.82, 2.24) is 0 Å². The third-order valence-electron chi connectivity index (χ3n) is 2.05. The number of halogens is 2. The number of benzene rings is 1. The Hall–Kier alpha value is -0.740. The molecule has 94 valence electrons. The largest absolute Gasteiger partial charge is 0.495 e. The van der Waals surface area contributed by atoms with Crippen molar-refractivity contribution >= 4 is 33.5 Å². The maximum atomic E-state index is 11.6. The topological polar surface area (TPSA) is 35.5 Å². The number of carbonyl (C=O) groups excluding carboxylic acids is 1. The van der Waals surface area contributed by atoms with Gasteiger partial charge in [-0.2, -0.15) is 0 Å². The molecule has 0 spiro atoms. The molecule has 0 saturated carbocycles. The van der Waals surface area contributed by atoms with Gasteiger partial charge < -0.3 is 9.47 Å². The van der Waals surface area contributed by atoms with Crippen LogP contribution in [0.2, 0.25) is 5.02 Å². The Bertz CT molecular complexity index is 418. The lowest BCUT2D eigenvalue weighted by atomic mass is 10.1. The van der Waals surface area contributed by atoms with E-state index in [2.05, 4.69) is 15.9 Å². The second-order valence-electron chi connectivity index (χ2n) is 3.76. The molecular weight excluding hydrogens is 307 g/mol. The van der Waals surface area contributed by atoms with Crippen molar-refractivity contribution in [3.05, 3.63) is 27.2 Å². The molecule has 0 bridgehead atoms. The van der Waals surface area contributed by atoms with Gasteiger partial charge in [-0.25, -0.2) is 0 Å². The number of carbonyl (C=O) groups is 1. The smallest absolute Gasteiger partial charge is 0.310 e. The summed E-state index contributed by atoms with van der Waals surface area (Å²) in [6.45, 7) is 3.61. The Kier molecular flexibility index (Phi) is 5.28. The third kappa shape index (κ3) is 3.89. The molecule has 0 heterocycles. The van der Waals surface area contributed by atoms with Crippen molar-refractivity contribution in [2.45, 2.75) is 26.4 Å². The molecule has 0 aromatic heterocycles. The van der Waals surface area contributed by atoms with Crippen LogP contribution in [-0.2, 0) is 16.0 Å². The highest BCUT2D eigenvalue weighted by atomic mass is 79.9. The Morgan fingerprint density at radius 3 is 2.65 bits per heavy atom. The third-order valence-corrected chi connectivity index (χ3v) is 3.03. The van der Waals surface area contributed by atoms with Crippen LogP contribution in [0.5, 0.6) is 5.75 Å². The zero-order valence-corrected chi connectivity index (χ0v) is 12.3. The number of methoxy groups -OCH3 is 1. The van der Waals surface area contributed by atoms with Gasteiger partial charge in [-0.05, 0) is 41.9 Å². The molecular formula is C12H14BrClO3. The van der Waals surface area contributed by atoms with Gasteiger partial charge in [0, 0.05) is 10.6 Å². The molecule has 0 N–H and O–H groups in total. The van der Waals surface area contributed by atoms with Gasteiger partial charge in [0.25, 0.3) is 0 Å². The zero-order valence-electron chi connectivity index (χ0n) is 9.92. The summed E-state index contributed by atoms with van der Waals surface area (Å²) in [7, 11) is 1.54. The first-order valence-electron chi connectivity index (χ1n) is 5.16. The van der Waals surface area contributed by atoms with Gasteiger partial charge >= 0.3 is 5.97 Å². The number of rotatable bonds is 4. The number of ether oxygens (including phenoxy) is 2. The molecule has 1 aromatic carbocycles. The van der Waals surface area contributed by atoms with Crippen LogP contribution >= 0.6 is 27.5 Å². The quantitative estimate of drug-likeness (QED) is 0.795. The van der Waals surface area contributed by atoms with E-state index in [1.165, 1.54) is 7.11 Å². The maximum absolute atomic E-state index is 11.6. The van der Waals surface area contributed by atoms with Gasteiger partial charge in [0.1, 0.15) is 5.75 Å². The minimum Gasteiger partial charge on any atom is -0.495 e. The molecule has 0 radical (unpaired) electrons. The van der Waals surface area contributed by atoms with Crippen LogP contribution < -0.4 is 4.74 Å². The second kappa shape index (κ2) is 6.26. The molecule has 3 nitrogen and oxygen atoms in total. The van der Waals surface area contributed by atoms with Crippen LogP contribution in [0.25, 0.3) is 0 Å². The van der Waals surface area contributed by atoms with Gasteiger partial charge in [0.2, 0.25) is 0 Å². The fourth-order valence-corrected chi connectivity index (χ4v) is 2.16. The number of hydrogen-bond acceptors (Lipinski definition) is 3. The van der Waals surface area contributed by atoms with E-state index < -0.39 is 0 Å². The Morgan fingerprint density at radius 1 is 1.47 bits per heavy atom. The molecule has 1 aromatic rings. The van der Waals surface area contributed by atoms with Gasteiger partial charge in [0.15, 0.2) is 0 Å². The van der Waals surface area contributed by atoms with E-state index >= 15 is 0 Å². The average molecular weight is 322 g/mol. The van der Waals surface area contributed by atoms with Crippen LogP contribution in [0.4, 0.5) is 0 Å². The Balaban J connectivity index is 2.97. The predicted molar refractivity (Wildman–Crippen MR) is 70.6 cm³/mol. The first kappa shape index (κ1) is 14.3. The van der Waals surface area contributed by atoms with Crippen molar-refractivity contribution in [2.24, 2.45) is 0 Å². The molecule has 0 aliphatic rings. The number of esters is 1. The van der Waals surface area contributed by atoms with Gasteiger partial charge in [-0.3, -0.25) is 4.79 Å². The summed E-state index contributed by atoms with van der Waals surface area (Å²) in [5, 5.41) is 0.491. The van der Waals surface area contributed by atoms with E-state index in [0.29, 0.717) is 16.3 Å². The lowest BCUT2D eigenvalue weighted by Gasteiger charge is -2.13. The van der Waals surface area contributed by atoms with Crippen LogP contribution in [-0.4, -0.2) is 19.2 Å². The molecule has 0 aliphatic carbocycles. The van der Waals surface area contributed by atoms with E-state index in [1.807, 2.05) is 0 Å². The zero-order chi connectivity index (χ0) is 13.0. The molecule has 0 atom stereocenters. The summed E-state index contributed by atoms with van der Waals surface area (Å²) in [5.74, 6) is 0.247. The maximum Gasteiger partial charge on any atom is 0.310 e. The predicted octanol–water partition coefficient (Wildman–Crippen LogP) is 3.61. The van der Waals surface area contributed by atoms with Crippen LogP contribution in [0.3, 0.4) is 0 Å². The summed E-state index contributed by atoms with van der Waals surface area (Å²) in [6.07, 6.45) is -0.0426. The Morgan fingerprint density at radius 2 is 2.12 bits per heavy atom. The van der Waals surface area contributed by atoms with Crippen molar-refractivity contribution < 1.29 is 14.3 Å². The lowest BCUT2D eigenvalue weighted by molar-refractivity contribution is -0.146. The molecule has 1 rings (SSSR count). The fraction of sp³-hybridized carbons (Fsp3) is 0.417. The molecule has 0 unspecified atom stereocenters. The van der Waals surface area contributed by atoms with Crippen LogP contribution in [0.15, 0.2) is 16.6 Å². The summed E-state index contributed by atoms with van der Waals surface area (Å²) < 4.78 is 11.1. The van der Waals surface area contributed by atoms with Gasteiger partial charge in [-0.15, -0.1) is 0 Å². The number of hydrogen-bond donors (Lipinski definition) is 0. The standard InChI is InChI=1S/C12H14BrClO3/c1-7(2)17-11(15)6-8-10(14)5-4-9(13)12(8)16-3/h4-5,7H,6H2,1-3H3. The molecule has 0 aliphatic heterocycles.